The van der Waals surface area contributed by atoms with Crippen LogP contribution in [0.25, 0.3) is 0 Å². The van der Waals surface area contributed by atoms with E-state index in [0.29, 0.717) is 11.5 Å². The van der Waals surface area contributed by atoms with Crippen molar-refractivity contribution in [2.75, 3.05) is 7.05 Å². The fourth-order valence-electron chi connectivity index (χ4n) is 0.618. The number of hydrogen-bond acceptors (Lipinski definition) is 3. The van der Waals surface area contributed by atoms with Crippen LogP contribution < -0.4 is 11.5 Å². The normalized spacial score (nSPS) is 12.4. The maximum absolute atomic E-state index is 5.58. The van der Waals surface area contributed by atoms with Gasteiger partial charge in [-0.25, -0.2) is 4.99 Å². The molecule has 0 heterocycles. The van der Waals surface area contributed by atoms with Crippen molar-refractivity contribution in [1.29, 1.82) is 0 Å². The summed E-state index contributed by atoms with van der Waals surface area (Å²) in [5.74, 6) is 0.530. The van der Waals surface area contributed by atoms with E-state index in [2.05, 4.69) is 18.2 Å². The zero-order valence-corrected chi connectivity index (χ0v) is 7.20. The molecule has 4 heteroatoms. The largest absolute Gasteiger partial charge is 0.396 e. The van der Waals surface area contributed by atoms with E-state index in [9.17, 15) is 0 Å². The number of allylic oxidation sites excluding steroid dienone is 1. The Bertz CT molecular complexity index is 227. The Labute approximate surface area is 72.6 Å². The summed E-state index contributed by atoms with van der Waals surface area (Å²) in [6, 6.07) is 0. The minimum absolute atomic E-state index is 0.458. The third kappa shape index (κ3) is 2.49. The Kier molecular flexibility index (Phi) is 4.30. The van der Waals surface area contributed by atoms with Gasteiger partial charge in [0.15, 0.2) is 5.82 Å². The summed E-state index contributed by atoms with van der Waals surface area (Å²) in [7, 11) is 1.77. The zero-order valence-electron chi connectivity index (χ0n) is 7.20. The molecule has 66 valence electrons. The van der Waals surface area contributed by atoms with E-state index >= 15 is 0 Å². The highest BCUT2D eigenvalue weighted by Gasteiger charge is 2.01. The maximum atomic E-state index is 5.58. The molecule has 0 aromatic carbocycles. The first kappa shape index (κ1) is 10.3. The zero-order chi connectivity index (χ0) is 9.56. The van der Waals surface area contributed by atoms with Gasteiger partial charge in [0.25, 0.3) is 0 Å². The first-order chi connectivity index (χ1) is 5.67. The molecule has 0 aromatic heterocycles. The van der Waals surface area contributed by atoms with E-state index < -0.39 is 0 Å². The Morgan fingerprint density at radius 3 is 2.42 bits per heavy atom. The average molecular weight is 166 g/mol. The molecule has 0 atom stereocenters. The molecule has 0 radical (unpaired) electrons. The highest BCUT2D eigenvalue weighted by molar-refractivity contribution is 5.53. The van der Waals surface area contributed by atoms with E-state index in [1.165, 1.54) is 12.4 Å². The summed E-state index contributed by atoms with van der Waals surface area (Å²) in [5, 5.41) is 0. The molecule has 0 aliphatic heterocycles. The number of nitrogens with two attached hydrogens (primary N) is 2. The van der Waals surface area contributed by atoms with Gasteiger partial charge in [-0.1, -0.05) is 13.2 Å². The van der Waals surface area contributed by atoms with Crippen molar-refractivity contribution in [2.24, 2.45) is 16.5 Å². The number of nitrogens with zero attached hydrogens (tertiary/aromatic N) is 2. The molecule has 0 fully saturated rings. The Hall–Kier alpha value is -1.71. The number of hydrogen-bond donors (Lipinski definition) is 2. The predicted octanol–water partition coefficient (Wildman–Crippen LogP) is 0.363. The summed E-state index contributed by atoms with van der Waals surface area (Å²) in [6.07, 6.45) is 4.26. The maximum Gasteiger partial charge on any atom is 0.157 e. The molecular weight excluding hydrogens is 152 g/mol. The second-order valence-corrected chi connectivity index (χ2v) is 2.05. The Morgan fingerprint density at radius 2 is 2.08 bits per heavy atom. The molecule has 0 bridgehead atoms. The fraction of sp³-hybridized carbons (Fsp3) is 0.125. The Balaban J connectivity index is 4.88. The van der Waals surface area contributed by atoms with E-state index in [1.807, 2.05) is 0 Å². The van der Waals surface area contributed by atoms with Gasteiger partial charge in [-0.2, -0.15) is 0 Å². The molecule has 0 saturated carbocycles. The molecule has 0 unspecified atom stereocenters. The summed E-state index contributed by atoms with van der Waals surface area (Å²) < 4.78 is 0. The second kappa shape index (κ2) is 5.01. The monoisotopic (exact) mass is 166 g/mol. The van der Waals surface area contributed by atoms with Gasteiger partial charge in [0.05, 0.1) is 12.0 Å². The van der Waals surface area contributed by atoms with Crippen LogP contribution in [0, 0.1) is 0 Å². The molecular formula is C8H14N4. The van der Waals surface area contributed by atoms with Crippen LogP contribution in [0.1, 0.15) is 0 Å². The predicted molar refractivity (Wildman–Crippen MR) is 52.0 cm³/mol. The number of rotatable bonds is 4. The van der Waals surface area contributed by atoms with Crippen LogP contribution in [-0.2, 0) is 0 Å². The molecule has 0 spiro atoms. The summed E-state index contributed by atoms with van der Waals surface area (Å²) in [4.78, 5) is 5.51. The molecule has 0 amide bonds. The van der Waals surface area contributed by atoms with Gasteiger partial charge in [0.2, 0.25) is 0 Å². The van der Waals surface area contributed by atoms with Crippen LogP contribution in [-0.4, -0.2) is 18.3 Å². The van der Waals surface area contributed by atoms with Crippen molar-refractivity contribution in [3.63, 3.8) is 0 Å². The molecule has 4 N–H and O–H groups in total. The highest BCUT2D eigenvalue weighted by Crippen LogP contribution is 2.06. The number of aliphatic imine (C=N–C) groups is 1. The molecule has 12 heavy (non-hydrogen) atoms. The quantitative estimate of drug-likeness (QED) is 0.360. The van der Waals surface area contributed by atoms with Gasteiger partial charge in [-0.3, -0.25) is 0 Å². The summed E-state index contributed by atoms with van der Waals surface area (Å²) >= 11 is 0. The summed E-state index contributed by atoms with van der Waals surface area (Å²) in [5.41, 5.74) is 11.2. The second-order valence-electron chi connectivity index (χ2n) is 2.05. The third-order valence-electron chi connectivity index (χ3n) is 1.28. The molecule has 0 aliphatic carbocycles. The van der Waals surface area contributed by atoms with Gasteiger partial charge >= 0.3 is 0 Å². The van der Waals surface area contributed by atoms with Gasteiger partial charge in [-0.15, -0.1) is 0 Å². The first-order valence-electron chi connectivity index (χ1n) is 3.39. The molecule has 0 rings (SSSR count). The van der Waals surface area contributed by atoms with Gasteiger partial charge in [-0.05, 0) is 12.3 Å². The van der Waals surface area contributed by atoms with Crippen molar-refractivity contribution in [1.82, 2.24) is 4.90 Å². The van der Waals surface area contributed by atoms with Crippen molar-refractivity contribution < 1.29 is 0 Å². The van der Waals surface area contributed by atoms with Crippen LogP contribution in [0.4, 0.5) is 0 Å². The first-order valence-corrected chi connectivity index (χ1v) is 3.39. The van der Waals surface area contributed by atoms with Gasteiger partial charge in [0.1, 0.15) is 0 Å². The topological polar surface area (TPSA) is 67.6 Å². The smallest absolute Gasteiger partial charge is 0.157 e. The van der Waals surface area contributed by atoms with E-state index in [-0.39, 0.29) is 0 Å². The highest BCUT2D eigenvalue weighted by atomic mass is 15.2. The van der Waals surface area contributed by atoms with Crippen molar-refractivity contribution in [2.45, 2.75) is 0 Å². The van der Waals surface area contributed by atoms with Crippen LogP contribution >= 0.6 is 0 Å². The van der Waals surface area contributed by atoms with Gasteiger partial charge in [0, 0.05) is 7.05 Å². The molecule has 4 nitrogen and oxygen atoms in total. The standard InChI is InChI=1S/C8H14N4/c1-4-7(10)8(11-6-9)12(3)5-2/h4-6H,1-2,10H2,3H3,(H2,9,11)/b8-7-. The molecule has 0 aliphatic rings. The van der Waals surface area contributed by atoms with Crippen molar-refractivity contribution >= 4 is 6.34 Å². The molecule has 0 aromatic rings. The lowest BCUT2D eigenvalue weighted by Crippen LogP contribution is -2.14. The lowest BCUT2D eigenvalue weighted by Gasteiger charge is -2.14. The van der Waals surface area contributed by atoms with Crippen LogP contribution in [0.5, 0.6) is 0 Å². The van der Waals surface area contributed by atoms with E-state index in [4.69, 9.17) is 11.5 Å². The van der Waals surface area contributed by atoms with Crippen LogP contribution in [0.2, 0.25) is 0 Å². The van der Waals surface area contributed by atoms with E-state index in [0.717, 1.165) is 0 Å². The van der Waals surface area contributed by atoms with Crippen molar-refractivity contribution in [3.8, 4) is 0 Å². The summed E-state index contributed by atoms with van der Waals surface area (Å²) in [6.45, 7) is 7.09. The third-order valence-corrected chi connectivity index (χ3v) is 1.28. The SMILES string of the molecule is C=C/C(N)=C(\N=CN)N(C)C=C. The van der Waals surface area contributed by atoms with Crippen LogP contribution in [0.15, 0.2) is 41.9 Å². The minimum atomic E-state index is 0.458. The Morgan fingerprint density at radius 1 is 1.50 bits per heavy atom. The van der Waals surface area contributed by atoms with Crippen LogP contribution in [0.3, 0.4) is 0 Å². The minimum Gasteiger partial charge on any atom is -0.396 e. The average Bonchev–Trinajstić information content (AvgIpc) is 2.11. The van der Waals surface area contributed by atoms with Crippen molar-refractivity contribution in [3.05, 3.63) is 37.0 Å². The lowest BCUT2D eigenvalue weighted by atomic mass is 10.4. The lowest BCUT2D eigenvalue weighted by molar-refractivity contribution is 0.557. The van der Waals surface area contributed by atoms with Gasteiger partial charge < -0.3 is 16.4 Å². The van der Waals surface area contributed by atoms with E-state index in [1.54, 1.807) is 18.1 Å². The fourth-order valence-corrected chi connectivity index (χ4v) is 0.618. The molecule has 0 saturated heterocycles.